The largest absolute Gasteiger partial charge is 0.379 e. The van der Waals surface area contributed by atoms with Crippen LogP contribution in [0.15, 0.2) is 0 Å². The summed E-state index contributed by atoms with van der Waals surface area (Å²) in [5, 5.41) is 15.1. The van der Waals surface area contributed by atoms with E-state index < -0.39 is 6.41 Å². The summed E-state index contributed by atoms with van der Waals surface area (Å²) in [4.78, 5) is 0. The van der Waals surface area contributed by atoms with Crippen LogP contribution in [0.1, 0.15) is 25.7 Å². The molecule has 7 heteroatoms. The number of hydrogen-bond acceptors (Lipinski definition) is 6. The molecule has 3 N–H and O–H groups in total. The molecular weight excluding hydrogens is 296 g/mol. The molecule has 0 aromatic rings. The minimum absolute atomic E-state index is 0.463. The van der Waals surface area contributed by atoms with Gasteiger partial charge in [-0.2, -0.15) is 0 Å². The van der Waals surface area contributed by atoms with Crippen molar-refractivity contribution in [3.8, 4) is 0 Å². The van der Waals surface area contributed by atoms with E-state index in [0.717, 1.165) is 25.3 Å². The van der Waals surface area contributed by atoms with Crippen LogP contribution in [0.3, 0.4) is 0 Å². The molecule has 0 aliphatic rings. The zero-order valence-corrected chi connectivity index (χ0v) is 13.9. The Balaban J connectivity index is 3.05. The average Bonchev–Trinajstić information content (AvgIpc) is 2.48. The monoisotopic (exact) mass is 326 g/mol. The molecule has 0 heterocycles. The van der Waals surface area contributed by atoms with Crippen molar-refractivity contribution in [3.63, 3.8) is 0 Å². The number of likely N-dealkylation sites (N-methyl/N-ethyl adjacent to an activating group) is 1. The van der Waals surface area contributed by atoms with E-state index in [9.17, 15) is 5.11 Å². The molecule has 0 spiro atoms. The lowest BCUT2D eigenvalue weighted by atomic mass is 10.2. The molecule has 128 valence electrons. The Labute approximate surface area is 133 Å². The molecule has 0 saturated heterocycles. The fourth-order valence-corrected chi connectivity index (χ4v) is 1.75. The molecule has 0 aromatic carbocycles. The molecule has 0 fully saturated rings. The van der Waals surface area contributed by atoms with E-state index in [0.29, 0.717) is 39.5 Å². The molecule has 1 atom stereocenters. The van der Waals surface area contributed by atoms with Crippen molar-refractivity contribution in [2.45, 2.75) is 32.1 Å². The highest BCUT2D eigenvalue weighted by molar-refractivity contribution is 6.17. The van der Waals surface area contributed by atoms with Crippen LogP contribution in [0, 0.1) is 0 Å². The van der Waals surface area contributed by atoms with Gasteiger partial charge in [-0.3, -0.25) is 5.32 Å². The van der Waals surface area contributed by atoms with Crippen LogP contribution in [-0.2, 0) is 14.2 Å². The lowest BCUT2D eigenvalue weighted by molar-refractivity contribution is -0.120. The van der Waals surface area contributed by atoms with Crippen molar-refractivity contribution >= 4 is 11.6 Å². The standard InChI is InChI=1S/C14H31ClN2O4/c1-16-7-11-21-14(18)17-8-10-20-13-12-19-9-5-3-2-4-6-15/h14,16-18H,2-13H2,1H3. The lowest BCUT2D eigenvalue weighted by Crippen LogP contribution is -2.35. The number of rotatable bonds is 17. The first-order chi connectivity index (χ1) is 10.3. The first-order valence-electron chi connectivity index (χ1n) is 7.70. The molecule has 0 aliphatic carbocycles. The molecule has 0 bridgehead atoms. The Hall–Kier alpha value is 0.0500. The van der Waals surface area contributed by atoms with Gasteiger partial charge in [-0.15, -0.1) is 11.6 Å². The number of aliphatic hydroxyl groups is 1. The van der Waals surface area contributed by atoms with Crippen molar-refractivity contribution in [2.75, 3.05) is 59.1 Å². The van der Waals surface area contributed by atoms with Crippen LogP contribution in [-0.4, -0.2) is 70.6 Å². The minimum atomic E-state index is -0.939. The van der Waals surface area contributed by atoms with E-state index in [2.05, 4.69) is 10.6 Å². The third kappa shape index (κ3) is 18.0. The second-order valence-corrected chi connectivity index (χ2v) is 4.99. The highest BCUT2D eigenvalue weighted by Crippen LogP contribution is 2.00. The van der Waals surface area contributed by atoms with Crippen LogP contribution in [0.5, 0.6) is 0 Å². The third-order valence-corrected chi connectivity index (χ3v) is 3.00. The summed E-state index contributed by atoms with van der Waals surface area (Å²) in [6, 6.07) is 0. The Bertz CT molecular complexity index is 202. The normalized spacial score (nSPS) is 12.7. The van der Waals surface area contributed by atoms with Crippen molar-refractivity contribution in [1.29, 1.82) is 0 Å². The molecule has 6 nitrogen and oxygen atoms in total. The lowest BCUT2D eigenvalue weighted by Gasteiger charge is -2.13. The van der Waals surface area contributed by atoms with Gasteiger partial charge in [0, 0.05) is 25.6 Å². The SMILES string of the molecule is CNCCOC(O)NCCOCCOCCCCCCCl. The molecule has 0 aliphatic heterocycles. The van der Waals surface area contributed by atoms with E-state index in [1.165, 1.54) is 12.8 Å². The van der Waals surface area contributed by atoms with Gasteiger partial charge < -0.3 is 24.6 Å². The molecular formula is C14H31ClN2O4. The van der Waals surface area contributed by atoms with Crippen LogP contribution < -0.4 is 10.6 Å². The van der Waals surface area contributed by atoms with E-state index in [4.69, 9.17) is 25.8 Å². The summed E-state index contributed by atoms with van der Waals surface area (Å²) in [6.07, 6.45) is 3.57. The van der Waals surface area contributed by atoms with Crippen molar-refractivity contribution in [3.05, 3.63) is 0 Å². The summed E-state index contributed by atoms with van der Waals surface area (Å²) in [5.74, 6) is 0.748. The van der Waals surface area contributed by atoms with Gasteiger partial charge in [-0.05, 0) is 19.9 Å². The highest BCUT2D eigenvalue weighted by atomic mass is 35.5. The predicted octanol–water partition coefficient (Wildman–Crippen LogP) is 0.920. The van der Waals surface area contributed by atoms with E-state index in [1.54, 1.807) is 0 Å². The Morgan fingerprint density at radius 2 is 1.62 bits per heavy atom. The van der Waals surface area contributed by atoms with Crippen molar-refractivity contribution in [1.82, 2.24) is 10.6 Å². The fourth-order valence-electron chi connectivity index (χ4n) is 1.56. The maximum atomic E-state index is 9.39. The third-order valence-electron chi connectivity index (χ3n) is 2.74. The number of hydrogen-bond donors (Lipinski definition) is 3. The smallest absolute Gasteiger partial charge is 0.213 e. The van der Waals surface area contributed by atoms with Gasteiger partial charge in [0.25, 0.3) is 0 Å². The average molecular weight is 327 g/mol. The Morgan fingerprint density at radius 1 is 0.905 bits per heavy atom. The second-order valence-electron chi connectivity index (χ2n) is 4.61. The van der Waals surface area contributed by atoms with Crippen molar-refractivity contribution in [2.24, 2.45) is 0 Å². The number of halogens is 1. The molecule has 0 amide bonds. The number of aliphatic hydroxyl groups excluding tert-OH is 1. The highest BCUT2D eigenvalue weighted by Gasteiger charge is 2.01. The topological polar surface area (TPSA) is 72.0 Å². The second kappa shape index (κ2) is 18.1. The van der Waals surface area contributed by atoms with E-state index in [-0.39, 0.29) is 0 Å². The van der Waals surface area contributed by atoms with Crippen LogP contribution in [0.25, 0.3) is 0 Å². The van der Waals surface area contributed by atoms with Gasteiger partial charge in [0.2, 0.25) is 6.41 Å². The minimum Gasteiger partial charge on any atom is -0.379 e. The maximum absolute atomic E-state index is 9.39. The number of unbranched alkanes of at least 4 members (excludes halogenated alkanes) is 3. The summed E-state index contributed by atoms with van der Waals surface area (Å²) in [7, 11) is 1.83. The molecule has 21 heavy (non-hydrogen) atoms. The Kier molecular flexibility index (Phi) is 18.1. The first kappa shape index (κ1) is 21.0. The van der Waals surface area contributed by atoms with Crippen LogP contribution in [0.4, 0.5) is 0 Å². The zero-order valence-electron chi connectivity index (χ0n) is 13.1. The van der Waals surface area contributed by atoms with Gasteiger partial charge in [0.05, 0.1) is 26.4 Å². The van der Waals surface area contributed by atoms with Gasteiger partial charge in [-0.25, -0.2) is 0 Å². The molecule has 0 rings (SSSR count). The Morgan fingerprint density at radius 3 is 2.33 bits per heavy atom. The summed E-state index contributed by atoms with van der Waals surface area (Å²) in [6.45, 7) is 4.19. The molecule has 0 aromatic heterocycles. The quantitative estimate of drug-likeness (QED) is 0.210. The van der Waals surface area contributed by atoms with Gasteiger partial charge in [-0.1, -0.05) is 12.8 Å². The van der Waals surface area contributed by atoms with Gasteiger partial charge >= 0.3 is 0 Å². The molecule has 1 unspecified atom stereocenters. The number of nitrogens with one attached hydrogen (secondary N) is 2. The van der Waals surface area contributed by atoms with Crippen LogP contribution in [0.2, 0.25) is 0 Å². The predicted molar refractivity (Wildman–Crippen MR) is 84.7 cm³/mol. The van der Waals surface area contributed by atoms with Gasteiger partial charge in [0.1, 0.15) is 0 Å². The summed E-state index contributed by atoms with van der Waals surface area (Å²) < 4.78 is 15.9. The summed E-state index contributed by atoms with van der Waals surface area (Å²) >= 11 is 5.60. The molecule has 0 saturated carbocycles. The number of ether oxygens (including phenoxy) is 3. The van der Waals surface area contributed by atoms with Crippen LogP contribution >= 0.6 is 11.6 Å². The molecule has 0 radical (unpaired) electrons. The fraction of sp³-hybridized carbons (Fsp3) is 1.00. The maximum Gasteiger partial charge on any atom is 0.213 e. The first-order valence-corrected chi connectivity index (χ1v) is 8.23. The zero-order chi connectivity index (χ0) is 15.6. The van der Waals surface area contributed by atoms with Crippen molar-refractivity contribution < 1.29 is 19.3 Å². The summed E-state index contributed by atoms with van der Waals surface area (Å²) in [5.41, 5.74) is 0. The number of alkyl halides is 1. The van der Waals surface area contributed by atoms with Gasteiger partial charge in [0.15, 0.2) is 0 Å². The van der Waals surface area contributed by atoms with E-state index in [1.807, 2.05) is 7.05 Å². The van der Waals surface area contributed by atoms with E-state index >= 15 is 0 Å².